The van der Waals surface area contributed by atoms with Gasteiger partial charge in [0.15, 0.2) is 0 Å². The largest absolute Gasteiger partial charge is 0.326 e. The van der Waals surface area contributed by atoms with Crippen molar-refractivity contribution in [1.29, 1.82) is 0 Å². The van der Waals surface area contributed by atoms with Crippen LogP contribution < -0.4 is 16.0 Å². The fraction of sp³-hybridized carbons (Fsp3) is 0.440. The third-order valence-electron chi connectivity index (χ3n) is 5.10. The molecule has 30 heavy (non-hydrogen) atoms. The van der Waals surface area contributed by atoms with E-state index in [9.17, 15) is 9.59 Å². The van der Waals surface area contributed by atoms with Crippen molar-refractivity contribution in [3.05, 3.63) is 59.7 Å². The lowest BCUT2D eigenvalue weighted by atomic mass is 9.85. The predicted octanol–water partition coefficient (Wildman–Crippen LogP) is 5.26. The Morgan fingerprint density at radius 3 is 1.73 bits per heavy atom. The third kappa shape index (κ3) is 6.70. The molecule has 162 valence electrons. The summed E-state index contributed by atoms with van der Waals surface area (Å²) in [4.78, 5) is 23.8. The maximum atomic E-state index is 12.7. The smallest absolute Gasteiger partial charge is 0.241 e. The van der Waals surface area contributed by atoms with E-state index in [1.54, 1.807) is 24.3 Å². The van der Waals surface area contributed by atoms with Gasteiger partial charge in [-0.05, 0) is 53.6 Å². The normalized spacial score (nSPS) is 13.6. The van der Waals surface area contributed by atoms with E-state index in [-0.39, 0.29) is 29.3 Å². The molecule has 2 atom stereocenters. The first kappa shape index (κ1) is 23.6. The predicted molar refractivity (Wildman–Crippen MR) is 125 cm³/mol. The second-order valence-corrected chi connectivity index (χ2v) is 9.23. The molecule has 3 N–H and O–H groups in total. The minimum atomic E-state index is -0.366. The van der Waals surface area contributed by atoms with Crippen LogP contribution in [-0.2, 0) is 15.0 Å². The Balaban J connectivity index is 2.04. The van der Waals surface area contributed by atoms with E-state index in [1.807, 2.05) is 6.92 Å². The van der Waals surface area contributed by atoms with E-state index < -0.39 is 0 Å². The first-order valence-electron chi connectivity index (χ1n) is 10.5. The number of carbonyl (C=O) groups is 2. The number of rotatable bonds is 7. The number of amides is 2. The maximum absolute atomic E-state index is 12.7. The summed E-state index contributed by atoms with van der Waals surface area (Å²) in [6.45, 7) is 14.3. The first-order chi connectivity index (χ1) is 14.0. The second kappa shape index (κ2) is 9.90. The summed E-state index contributed by atoms with van der Waals surface area (Å²) in [6, 6.07) is 15.5. The van der Waals surface area contributed by atoms with E-state index >= 15 is 0 Å². The van der Waals surface area contributed by atoms with Crippen LogP contribution in [0.4, 0.5) is 11.4 Å². The lowest BCUT2D eigenvalue weighted by molar-refractivity contribution is -0.118. The molecule has 0 aromatic heterocycles. The van der Waals surface area contributed by atoms with E-state index in [0.29, 0.717) is 17.3 Å². The van der Waals surface area contributed by atoms with Crippen molar-refractivity contribution in [3.8, 4) is 0 Å². The molecule has 0 aliphatic carbocycles. The van der Waals surface area contributed by atoms with Crippen LogP contribution >= 0.6 is 0 Å². The van der Waals surface area contributed by atoms with Gasteiger partial charge < -0.3 is 10.6 Å². The number of carbonyl (C=O) groups excluding carboxylic acids is 2. The first-order valence-corrected chi connectivity index (χ1v) is 10.5. The minimum absolute atomic E-state index is 0.0712. The minimum Gasteiger partial charge on any atom is -0.326 e. The second-order valence-electron chi connectivity index (χ2n) is 9.23. The van der Waals surface area contributed by atoms with Gasteiger partial charge in [-0.15, -0.1) is 0 Å². The van der Waals surface area contributed by atoms with Gasteiger partial charge in [0, 0.05) is 24.3 Å². The Bertz CT molecular complexity index is 849. The molecule has 0 saturated heterocycles. The summed E-state index contributed by atoms with van der Waals surface area (Å²) in [5.74, 6) is 0.108. The van der Waals surface area contributed by atoms with E-state index in [4.69, 9.17) is 0 Å². The van der Waals surface area contributed by atoms with Gasteiger partial charge in [-0.3, -0.25) is 14.9 Å². The molecule has 0 radical (unpaired) electrons. The van der Waals surface area contributed by atoms with Gasteiger partial charge in [-0.2, -0.15) is 0 Å². The summed E-state index contributed by atoms with van der Waals surface area (Å²) in [5, 5.41) is 9.13. The zero-order chi connectivity index (χ0) is 22.5. The quantitative estimate of drug-likeness (QED) is 0.584. The van der Waals surface area contributed by atoms with Gasteiger partial charge in [0.1, 0.15) is 0 Å². The molecule has 0 saturated carbocycles. The summed E-state index contributed by atoms with van der Waals surface area (Å²) < 4.78 is 0. The van der Waals surface area contributed by atoms with Gasteiger partial charge in [-0.1, -0.05) is 58.9 Å². The third-order valence-corrected chi connectivity index (χ3v) is 5.10. The summed E-state index contributed by atoms with van der Waals surface area (Å²) in [7, 11) is 0. The van der Waals surface area contributed by atoms with Crippen molar-refractivity contribution >= 4 is 23.2 Å². The van der Waals surface area contributed by atoms with Crippen LogP contribution in [-0.4, -0.2) is 17.9 Å². The Kier molecular flexibility index (Phi) is 7.79. The van der Waals surface area contributed by atoms with Crippen LogP contribution in [0, 0.1) is 5.92 Å². The van der Waals surface area contributed by atoms with Crippen LogP contribution in [0.1, 0.15) is 65.6 Å². The highest BCUT2D eigenvalue weighted by molar-refractivity contribution is 5.95. The highest BCUT2D eigenvalue weighted by atomic mass is 16.2. The van der Waals surface area contributed by atoms with Gasteiger partial charge in [-0.25, -0.2) is 0 Å². The van der Waals surface area contributed by atoms with Crippen LogP contribution in [0.25, 0.3) is 0 Å². The standard InChI is InChI=1S/C25H35N3O2/c1-16(2)23(19-8-10-20(11-9-19)25(5,6)7)26-17(3)24(30)28-22-14-12-21(13-15-22)27-18(4)29/h8-17,23,26H,1-7H3,(H,27,29)(H,28,30)/t17-,23+/m0/s1. The molecule has 0 fully saturated rings. The molecular weight excluding hydrogens is 374 g/mol. The summed E-state index contributed by atoms with van der Waals surface area (Å²) >= 11 is 0. The Hall–Kier alpha value is -2.66. The molecule has 0 heterocycles. The van der Waals surface area contributed by atoms with Gasteiger partial charge >= 0.3 is 0 Å². The van der Waals surface area contributed by atoms with Crippen LogP contribution in [0.2, 0.25) is 0 Å². The molecule has 2 amide bonds. The van der Waals surface area contributed by atoms with Crippen molar-refractivity contribution < 1.29 is 9.59 Å². The fourth-order valence-corrected chi connectivity index (χ4v) is 3.30. The van der Waals surface area contributed by atoms with Gasteiger partial charge in [0.25, 0.3) is 0 Å². The van der Waals surface area contributed by atoms with Crippen LogP contribution in [0.3, 0.4) is 0 Å². The molecule has 5 nitrogen and oxygen atoms in total. The molecule has 2 rings (SSSR count). The topological polar surface area (TPSA) is 70.2 Å². The fourth-order valence-electron chi connectivity index (χ4n) is 3.30. The van der Waals surface area contributed by atoms with Gasteiger partial charge in [0.2, 0.25) is 11.8 Å². The number of hydrogen-bond acceptors (Lipinski definition) is 3. The molecule has 0 spiro atoms. The molecule has 0 bridgehead atoms. The average Bonchev–Trinajstić information content (AvgIpc) is 2.66. The molecule has 0 unspecified atom stereocenters. The lowest BCUT2D eigenvalue weighted by Gasteiger charge is -2.27. The Labute approximate surface area is 180 Å². The zero-order valence-corrected chi connectivity index (χ0v) is 19.2. The molecule has 0 aliphatic rings. The maximum Gasteiger partial charge on any atom is 0.241 e. The average molecular weight is 410 g/mol. The van der Waals surface area contributed by atoms with Crippen molar-refractivity contribution in [2.45, 2.75) is 66.0 Å². The number of anilines is 2. The zero-order valence-electron chi connectivity index (χ0n) is 19.2. The monoisotopic (exact) mass is 409 g/mol. The lowest BCUT2D eigenvalue weighted by Crippen LogP contribution is -2.41. The molecular formula is C25H35N3O2. The Morgan fingerprint density at radius 2 is 1.30 bits per heavy atom. The molecule has 2 aromatic carbocycles. The van der Waals surface area contributed by atoms with Crippen LogP contribution in [0.15, 0.2) is 48.5 Å². The van der Waals surface area contributed by atoms with Crippen LogP contribution in [0.5, 0.6) is 0 Å². The number of benzene rings is 2. The van der Waals surface area contributed by atoms with E-state index in [2.05, 4.69) is 74.8 Å². The van der Waals surface area contributed by atoms with Gasteiger partial charge in [0.05, 0.1) is 6.04 Å². The van der Waals surface area contributed by atoms with E-state index in [0.717, 1.165) is 0 Å². The SMILES string of the molecule is CC(=O)Nc1ccc(NC(=O)[C@H](C)N[C@@H](c2ccc(C(C)(C)C)cc2)C(C)C)cc1. The molecule has 2 aromatic rings. The Morgan fingerprint density at radius 1 is 0.800 bits per heavy atom. The number of hydrogen-bond donors (Lipinski definition) is 3. The molecule has 5 heteroatoms. The van der Waals surface area contributed by atoms with Crippen molar-refractivity contribution in [2.75, 3.05) is 10.6 Å². The van der Waals surface area contributed by atoms with Crippen molar-refractivity contribution in [2.24, 2.45) is 5.92 Å². The summed E-state index contributed by atoms with van der Waals surface area (Å²) in [6.07, 6.45) is 0. The van der Waals surface area contributed by atoms with Crippen molar-refractivity contribution in [1.82, 2.24) is 5.32 Å². The van der Waals surface area contributed by atoms with Crippen molar-refractivity contribution in [3.63, 3.8) is 0 Å². The number of nitrogens with one attached hydrogen (secondary N) is 3. The highest BCUT2D eigenvalue weighted by Crippen LogP contribution is 2.27. The highest BCUT2D eigenvalue weighted by Gasteiger charge is 2.22. The van der Waals surface area contributed by atoms with E-state index in [1.165, 1.54) is 18.1 Å². The molecule has 0 aliphatic heterocycles. The summed E-state index contributed by atoms with van der Waals surface area (Å²) in [5.41, 5.74) is 3.98.